The molecule has 32 heavy (non-hydrogen) atoms. The summed E-state index contributed by atoms with van der Waals surface area (Å²) < 4.78 is 0. The van der Waals surface area contributed by atoms with Crippen molar-refractivity contribution >= 4 is 28.7 Å². The van der Waals surface area contributed by atoms with Crippen molar-refractivity contribution in [2.75, 3.05) is 13.1 Å². The molecule has 1 saturated heterocycles. The summed E-state index contributed by atoms with van der Waals surface area (Å²) in [5.41, 5.74) is 2.01. The zero-order valence-corrected chi connectivity index (χ0v) is 18.1. The van der Waals surface area contributed by atoms with Crippen LogP contribution in [0.4, 0.5) is 4.79 Å². The molecule has 2 fully saturated rings. The molecule has 1 spiro atoms. The summed E-state index contributed by atoms with van der Waals surface area (Å²) >= 11 is 0. The number of carbonyl (C=O) groups is 3. The molecule has 1 aromatic heterocycles. The van der Waals surface area contributed by atoms with Gasteiger partial charge in [0.25, 0.3) is 11.5 Å². The molecule has 0 bridgehead atoms. The van der Waals surface area contributed by atoms with Crippen molar-refractivity contribution in [1.29, 1.82) is 0 Å². The molecule has 1 aromatic carbocycles. The number of rotatable bonds is 7. The highest BCUT2D eigenvalue weighted by atomic mass is 16.2. The summed E-state index contributed by atoms with van der Waals surface area (Å²) in [6.45, 7) is 3.33. The lowest BCUT2D eigenvalue weighted by molar-refractivity contribution is -0.140. The first-order chi connectivity index (χ1) is 15.4. The predicted molar refractivity (Wildman–Crippen MR) is 117 cm³/mol. The molecule has 4 rings (SSSR count). The number of nitrogens with one attached hydrogen (secondary N) is 3. The minimum absolute atomic E-state index is 0.0930. The molecule has 2 heterocycles. The van der Waals surface area contributed by atoms with E-state index >= 15 is 0 Å². The molecule has 3 N–H and O–H groups in total. The van der Waals surface area contributed by atoms with Crippen molar-refractivity contribution in [1.82, 2.24) is 30.6 Å². The standard InChI is InChI=1S/C22H28N6O4/c1-2-27(14-17-23-16-9-5-4-8-15(16)19(30)24-17)13-10-18(29)26-28-20(31)22(25-21(28)32)11-6-3-7-12-22/h4-5,8-9H,2-3,6-7,10-14H2,1H3,(H,25,32)(H,26,29)(H,23,24,30). The van der Waals surface area contributed by atoms with E-state index in [1.807, 2.05) is 17.9 Å². The Kier molecular flexibility index (Phi) is 6.22. The first-order valence-electron chi connectivity index (χ1n) is 11.1. The van der Waals surface area contributed by atoms with Crippen LogP contribution in [0.25, 0.3) is 10.9 Å². The zero-order valence-electron chi connectivity index (χ0n) is 18.1. The number of hydrogen-bond donors (Lipinski definition) is 3. The second-order valence-corrected chi connectivity index (χ2v) is 8.40. The van der Waals surface area contributed by atoms with Crippen LogP contribution in [0.2, 0.25) is 0 Å². The van der Waals surface area contributed by atoms with Gasteiger partial charge in [-0.2, -0.15) is 5.01 Å². The number of fused-ring (bicyclic) bond motifs is 1. The molecule has 1 aliphatic carbocycles. The number of aromatic amines is 1. The summed E-state index contributed by atoms with van der Waals surface area (Å²) in [5, 5.41) is 4.13. The van der Waals surface area contributed by atoms with Gasteiger partial charge in [0.2, 0.25) is 5.91 Å². The number of imide groups is 1. The molecule has 1 aliphatic heterocycles. The summed E-state index contributed by atoms with van der Waals surface area (Å²) in [7, 11) is 0. The van der Waals surface area contributed by atoms with E-state index in [9.17, 15) is 19.2 Å². The summed E-state index contributed by atoms with van der Waals surface area (Å²) in [6.07, 6.45) is 4.10. The van der Waals surface area contributed by atoms with Crippen molar-refractivity contribution in [3.05, 3.63) is 40.4 Å². The zero-order chi connectivity index (χ0) is 22.7. The third-order valence-corrected chi connectivity index (χ3v) is 6.24. The molecule has 4 amide bonds. The number of benzene rings is 1. The Hall–Kier alpha value is -3.27. The number of urea groups is 1. The Labute approximate surface area is 185 Å². The van der Waals surface area contributed by atoms with Crippen molar-refractivity contribution in [3.63, 3.8) is 0 Å². The van der Waals surface area contributed by atoms with Crippen LogP contribution >= 0.6 is 0 Å². The van der Waals surface area contributed by atoms with E-state index in [-0.39, 0.29) is 17.9 Å². The molecule has 1 saturated carbocycles. The van der Waals surface area contributed by atoms with Crippen LogP contribution < -0.4 is 16.3 Å². The van der Waals surface area contributed by atoms with Crippen molar-refractivity contribution in [2.24, 2.45) is 0 Å². The normalized spacial score (nSPS) is 17.9. The van der Waals surface area contributed by atoms with E-state index in [4.69, 9.17) is 0 Å². The number of H-pyrrole nitrogens is 1. The summed E-state index contributed by atoms with van der Waals surface area (Å²) in [5.74, 6) is -0.273. The number of hydrazine groups is 1. The lowest BCUT2D eigenvalue weighted by Crippen LogP contribution is -2.51. The highest BCUT2D eigenvalue weighted by Gasteiger charge is 2.52. The molecule has 10 nitrogen and oxygen atoms in total. The van der Waals surface area contributed by atoms with E-state index in [0.29, 0.717) is 49.2 Å². The Balaban J connectivity index is 1.34. The van der Waals surface area contributed by atoms with Crippen molar-refractivity contribution in [2.45, 2.75) is 57.5 Å². The Bertz CT molecular complexity index is 1090. The van der Waals surface area contributed by atoms with Crippen LogP contribution in [-0.2, 0) is 16.1 Å². The Morgan fingerprint density at radius 1 is 1.19 bits per heavy atom. The quantitative estimate of drug-likeness (QED) is 0.559. The first kappa shape index (κ1) is 21.9. The van der Waals surface area contributed by atoms with Crippen LogP contribution in [0.5, 0.6) is 0 Å². The van der Waals surface area contributed by atoms with Crippen LogP contribution in [-0.4, -0.2) is 56.4 Å². The van der Waals surface area contributed by atoms with Gasteiger partial charge in [0.05, 0.1) is 17.4 Å². The van der Waals surface area contributed by atoms with Crippen LogP contribution in [0, 0.1) is 0 Å². The van der Waals surface area contributed by atoms with E-state index in [2.05, 4.69) is 20.7 Å². The molecule has 2 aromatic rings. The monoisotopic (exact) mass is 440 g/mol. The van der Waals surface area contributed by atoms with Gasteiger partial charge in [-0.15, -0.1) is 0 Å². The fourth-order valence-electron chi connectivity index (χ4n) is 4.43. The fraction of sp³-hybridized carbons (Fsp3) is 0.500. The predicted octanol–water partition coefficient (Wildman–Crippen LogP) is 1.42. The highest BCUT2D eigenvalue weighted by molar-refractivity contribution is 6.08. The van der Waals surface area contributed by atoms with E-state index in [0.717, 1.165) is 24.3 Å². The fourth-order valence-corrected chi connectivity index (χ4v) is 4.43. The minimum atomic E-state index is -0.869. The lowest BCUT2D eigenvalue weighted by atomic mass is 9.82. The largest absolute Gasteiger partial charge is 0.344 e. The lowest BCUT2D eigenvalue weighted by Gasteiger charge is -2.30. The summed E-state index contributed by atoms with van der Waals surface area (Å²) in [6, 6.07) is 6.55. The molecule has 10 heteroatoms. The van der Waals surface area contributed by atoms with Gasteiger partial charge in [-0.3, -0.25) is 24.7 Å². The molecular weight excluding hydrogens is 412 g/mol. The Morgan fingerprint density at radius 2 is 1.94 bits per heavy atom. The van der Waals surface area contributed by atoms with E-state index in [1.165, 1.54) is 0 Å². The topological polar surface area (TPSA) is 128 Å². The second kappa shape index (κ2) is 9.07. The molecule has 2 aliphatic rings. The van der Waals surface area contributed by atoms with Crippen LogP contribution in [0.1, 0.15) is 51.3 Å². The number of aromatic nitrogens is 2. The van der Waals surface area contributed by atoms with Gasteiger partial charge in [-0.25, -0.2) is 9.78 Å². The van der Waals surface area contributed by atoms with E-state index in [1.54, 1.807) is 18.2 Å². The van der Waals surface area contributed by atoms with E-state index < -0.39 is 17.5 Å². The number of para-hydroxylation sites is 1. The van der Waals surface area contributed by atoms with Gasteiger partial charge in [0.15, 0.2) is 0 Å². The third kappa shape index (κ3) is 4.36. The smallest absolute Gasteiger partial charge is 0.322 e. The number of nitrogens with zero attached hydrogens (tertiary/aromatic N) is 3. The van der Waals surface area contributed by atoms with Gasteiger partial charge >= 0.3 is 6.03 Å². The number of amides is 4. The highest BCUT2D eigenvalue weighted by Crippen LogP contribution is 2.32. The maximum absolute atomic E-state index is 12.8. The van der Waals surface area contributed by atoms with Crippen molar-refractivity contribution < 1.29 is 14.4 Å². The molecule has 170 valence electrons. The second-order valence-electron chi connectivity index (χ2n) is 8.40. The number of carbonyl (C=O) groups excluding carboxylic acids is 3. The van der Waals surface area contributed by atoms with Gasteiger partial charge in [-0.05, 0) is 31.5 Å². The SMILES string of the molecule is CCN(CCC(=O)NN1C(=O)NC2(CCCCC2)C1=O)Cc1nc2ccccc2c(=O)[nH]1. The number of hydrogen-bond acceptors (Lipinski definition) is 6. The third-order valence-electron chi connectivity index (χ3n) is 6.24. The molecule has 0 unspecified atom stereocenters. The van der Waals surface area contributed by atoms with Gasteiger partial charge in [0.1, 0.15) is 11.4 Å². The summed E-state index contributed by atoms with van der Waals surface area (Å²) in [4.78, 5) is 59.1. The van der Waals surface area contributed by atoms with Gasteiger partial charge in [-0.1, -0.05) is 38.3 Å². The maximum atomic E-state index is 12.8. The van der Waals surface area contributed by atoms with Crippen LogP contribution in [0.15, 0.2) is 29.1 Å². The average Bonchev–Trinajstić information content (AvgIpc) is 3.01. The van der Waals surface area contributed by atoms with Crippen molar-refractivity contribution in [3.8, 4) is 0 Å². The van der Waals surface area contributed by atoms with Gasteiger partial charge < -0.3 is 10.3 Å². The van der Waals surface area contributed by atoms with Crippen LogP contribution in [0.3, 0.4) is 0 Å². The molecule has 0 radical (unpaired) electrons. The molecule has 0 atom stereocenters. The maximum Gasteiger partial charge on any atom is 0.344 e. The first-order valence-corrected chi connectivity index (χ1v) is 11.1. The van der Waals surface area contributed by atoms with Gasteiger partial charge in [0, 0.05) is 13.0 Å². The molecular formula is C22H28N6O4. The average molecular weight is 441 g/mol. The minimum Gasteiger partial charge on any atom is -0.322 e. The Morgan fingerprint density at radius 3 is 2.69 bits per heavy atom.